The van der Waals surface area contributed by atoms with Gasteiger partial charge in [0.05, 0.1) is 12.3 Å². The number of nitrogens with zero attached hydrogens (tertiary/aromatic N) is 1. The Morgan fingerprint density at radius 3 is 2.21 bits per heavy atom. The SMILES string of the molecule is CCOC(=O)CCCC(=O)N(C(=O)NC(=O)CCCC(=O)O)c1ccccc1. The van der Waals surface area contributed by atoms with Crippen molar-refractivity contribution in [2.24, 2.45) is 0 Å². The van der Waals surface area contributed by atoms with E-state index in [9.17, 15) is 24.0 Å². The Morgan fingerprint density at radius 1 is 0.964 bits per heavy atom. The van der Waals surface area contributed by atoms with Crippen LogP contribution in [-0.2, 0) is 23.9 Å². The Hall–Kier alpha value is -3.23. The largest absolute Gasteiger partial charge is 0.481 e. The molecule has 152 valence electrons. The number of hydrogen-bond acceptors (Lipinski definition) is 6. The van der Waals surface area contributed by atoms with E-state index in [0.29, 0.717) is 0 Å². The molecule has 0 saturated carbocycles. The van der Waals surface area contributed by atoms with Gasteiger partial charge in [-0.3, -0.25) is 24.5 Å². The van der Waals surface area contributed by atoms with Crippen molar-refractivity contribution >= 4 is 35.5 Å². The highest BCUT2D eigenvalue weighted by molar-refractivity contribution is 6.17. The van der Waals surface area contributed by atoms with Crippen LogP contribution in [-0.4, -0.2) is 41.5 Å². The van der Waals surface area contributed by atoms with E-state index in [4.69, 9.17) is 9.84 Å². The van der Waals surface area contributed by atoms with Crippen LogP contribution in [0.15, 0.2) is 30.3 Å². The highest BCUT2D eigenvalue weighted by Crippen LogP contribution is 2.16. The predicted octanol–water partition coefficient (Wildman–Crippen LogP) is 2.24. The van der Waals surface area contributed by atoms with Crippen LogP contribution in [0.25, 0.3) is 0 Å². The van der Waals surface area contributed by atoms with Crippen molar-refractivity contribution in [1.29, 1.82) is 0 Å². The van der Waals surface area contributed by atoms with E-state index in [1.54, 1.807) is 25.1 Å². The number of benzene rings is 1. The van der Waals surface area contributed by atoms with Gasteiger partial charge in [-0.15, -0.1) is 0 Å². The number of carboxylic acid groups (broad SMARTS) is 1. The van der Waals surface area contributed by atoms with Gasteiger partial charge in [0.2, 0.25) is 11.8 Å². The number of nitrogens with one attached hydrogen (secondary N) is 1. The number of amides is 4. The number of esters is 1. The molecule has 0 heterocycles. The molecule has 9 heteroatoms. The molecule has 0 unspecified atom stereocenters. The average Bonchev–Trinajstić information content (AvgIpc) is 2.62. The van der Waals surface area contributed by atoms with Gasteiger partial charge in [0.1, 0.15) is 0 Å². The van der Waals surface area contributed by atoms with Gasteiger partial charge in [0.15, 0.2) is 0 Å². The lowest BCUT2D eigenvalue weighted by Crippen LogP contribution is -2.46. The number of anilines is 1. The summed E-state index contributed by atoms with van der Waals surface area (Å²) in [5.41, 5.74) is 0.277. The first-order chi connectivity index (χ1) is 13.3. The second-order valence-electron chi connectivity index (χ2n) is 5.82. The van der Waals surface area contributed by atoms with Gasteiger partial charge in [-0.2, -0.15) is 0 Å². The number of urea groups is 1. The molecular weight excluding hydrogens is 368 g/mol. The smallest absolute Gasteiger partial charge is 0.335 e. The van der Waals surface area contributed by atoms with E-state index in [2.05, 4.69) is 5.32 Å². The van der Waals surface area contributed by atoms with Gasteiger partial charge in [0.25, 0.3) is 0 Å². The summed E-state index contributed by atoms with van der Waals surface area (Å²) in [5.74, 6) is -2.72. The Morgan fingerprint density at radius 2 is 1.61 bits per heavy atom. The van der Waals surface area contributed by atoms with Crippen LogP contribution in [0.3, 0.4) is 0 Å². The number of carboxylic acids is 1. The summed E-state index contributed by atoms with van der Waals surface area (Å²) < 4.78 is 4.79. The molecule has 0 fully saturated rings. The fraction of sp³-hybridized carbons (Fsp3) is 0.421. The van der Waals surface area contributed by atoms with Crippen molar-refractivity contribution in [2.45, 2.75) is 45.4 Å². The second kappa shape index (κ2) is 12.2. The summed E-state index contributed by atoms with van der Waals surface area (Å²) in [6.45, 7) is 1.92. The van der Waals surface area contributed by atoms with Crippen LogP contribution in [0.4, 0.5) is 10.5 Å². The Kier molecular flexibility index (Phi) is 9.95. The second-order valence-corrected chi connectivity index (χ2v) is 5.82. The van der Waals surface area contributed by atoms with Gasteiger partial charge < -0.3 is 9.84 Å². The molecule has 0 saturated heterocycles. The minimum atomic E-state index is -1.04. The Balaban J connectivity index is 2.73. The van der Waals surface area contributed by atoms with Gasteiger partial charge in [-0.25, -0.2) is 9.69 Å². The molecule has 0 radical (unpaired) electrons. The summed E-state index contributed by atoms with van der Waals surface area (Å²) >= 11 is 0. The molecular formula is C19H24N2O7. The van der Waals surface area contributed by atoms with E-state index < -0.39 is 29.8 Å². The molecule has 1 aromatic carbocycles. The lowest BCUT2D eigenvalue weighted by molar-refractivity contribution is -0.143. The maximum atomic E-state index is 12.5. The van der Waals surface area contributed by atoms with E-state index >= 15 is 0 Å². The molecule has 0 spiro atoms. The van der Waals surface area contributed by atoms with Crippen molar-refractivity contribution in [3.63, 3.8) is 0 Å². The van der Waals surface area contributed by atoms with Crippen molar-refractivity contribution in [2.75, 3.05) is 11.5 Å². The van der Waals surface area contributed by atoms with Crippen LogP contribution in [0.5, 0.6) is 0 Å². The summed E-state index contributed by atoms with van der Waals surface area (Å²) in [7, 11) is 0. The number of hydrogen-bond donors (Lipinski definition) is 2. The third-order valence-electron chi connectivity index (χ3n) is 3.58. The first kappa shape index (κ1) is 22.8. The predicted molar refractivity (Wildman–Crippen MR) is 99.4 cm³/mol. The van der Waals surface area contributed by atoms with Gasteiger partial charge in [-0.05, 0) is 31.9 Å². The van der Waals surface area contributed by atoms with Crippen molar-refractivity contribution in [1.82, 2.24) is 5.32 Å². The number of aliphatic carboxylic acids is 1. The zero-order valence-corrected chi connectivity index (χ0v) is 15.7. The molecule has 0 aliphatic heterocycles. The van der Waals surface area contributed by atoms with Gasteiger partial charge in [0, 0.05) is 25.7 Å². The van der Waals surface area contributed by atoms with Crippen LogP contribution in [0, 0.1) is 0 Å². The fourth-order valence-corrected chi connectivity index (χ4v) is 2.32. The first-order valence-electron chi connectivity index (χ1n) is 8.94. The number of carbonyl (C=O) groups is 5. The standard InChI is InChI=1S/C19H24N2O7/c1-2-28-18(26)13-7-11-16(23)21(14-8-4-3-5-9-14)19(27)20-15(22)10-6-12-17(24)25/h3-5,8-9H,2,6-7,10-13H2,1H3,(H,24,25)(H,20,22,27). The van der Waals surface area contributed by atoms with E-state index in [1.165, 1.54) is 12.1 Å². The highest BCUT2D eigenvalue weighted by atomic mass is 16.5. The molecule has 9 nitrogen and oxygen atoms in total. The maximum absolute atomic E-state index is 12.5. The van der Waals surface area contributed by atoms with Crippen LogP contribution >= 0.6 is 0 Å². The first-order valence-corrected chi connectivity index (χ1v) is 8.94. The molecule has 0 aliphatic rings. The molecule has 0 atom stereocenters. The summed E-state index contributed by atoms with van der Waals surface area (Å²) in [6, 6.07) is 7.14. The lowest BCUT2D eigenvalue weighted by Gasteiger charge is -2.21. The number of ether oxygens (including phenoxy) is 1. The average molecular weight is 392 g/mol. The molecule has 0 aromatic heterocycles. The number of rotatable bonds is 10. The monoisotopic (exact) mass is 392 g/mol. The summed E-state index contributed by atoms with van der Waals surface area (Å²) in [4.78, 5) is 59.5. The molecule has 2 N–H and O–H groups in total. The zero-order valence-electron chi connectivity index (χ0n) is 15.7. The quantitative estimate of drug-likeness (QED) is 0.584. The van der Waals surface area contributed by atoms with Crippen LogP contribution in [0.1, 0.15) is 45.4 Å². The normalized spacial score (nSPS) is 10.0. The van der Waals surface area contributed by atoms with Crippen LogP contribution < -0.4 is 10.2 Å². The van der Waals surface area contributed by atoms with E-state index in [1.807, 2.05) is 0 Å². The number of imide groups is 2. The molecule has 28 heavy (non-hydrogen) atoms. The Labute approximate surface area is 162 Å². The lowest BCUT2D eigenvalue weighted by atomic mass is 10.2. The van der Waals surface area contributed by atoms with Gasteiger partial charge >= 0.3 is 18.0 Å². The fourth-order valence-electron chi connectivity index (χ4n) is 2.32. The number of carbonyl (C=O) groups excluding carboxylic acids is 4. The molecule has 0 bridgehead atoms. The van der Waals surface area contributed by atoms with Crippen LogP contribution in [0.2, 0.25) is 0 Å². The Bertz CT molecular complexity index is 703. The maximum Gasteiger partial charge on any atom is 0.335 e. The van der Waals surface area contributed by atoms with Crippen molar-refractivity contribution in [3.8, 4) is 0 Å². The van der Waals surface area contributed by atoms with E-state index in [0.717, 1.165) is 4.90 Å². The zero-order chi connectivity index (χ0) is 20.9. The third-order valence-corrected chi connectivity index (χ3v) is 3.58. The minimum Gasteiger partial charge on any atom is -0.481 e. The highest BCUT2D eigenvalue weighted by Gasteiger charge is 2.24. The van der Waals surface area contributed by atoms with Crippen molar-refractivity contribution < 1.29 is 33.8 Å². The molecule has 0 aliphatic carbocycles. The molecule has 1 rings (SSSR count). The molecule has 4 amide bonds. The topological polar surface area (TPSA) is 130 Å². The third kappa shape index (κ3) is 8.43. The van der Waals surface area contributed by atoms with Gasteiger partial charge in [-0.1, -0.05) is 18.2 Å². The summed E-state index contributed by atoms with van der Waals surface area (Å²) in [5, 5.41) is 10.7. The molecule has 1 aromatic rings. The van der Waals surface area contributed by atoms with E-state index in [-0.39, 0.29) is 50.8 Å². The number of para-hydroxylation sites is 1. The van der Waals surface area contributed by atoms with Crippen molar-refractivity contribution in [3.05, 3.63) is 30.3 Å². The minimum absolute atomic E-state index is 0.0396. The summed E-state index contributed by atoms with van der Waals surface area (Å²) in [6.07, 6.45) is -0.130.